The predicted molar refractivity (Wildman–Crippen MR) is 144 cm³/mol. The van der Waals surface area contributed by atoms with Crippen LogP contribution in [-0.4, -0.2) is 33.9 Å². The molecule has 0 amide bonds. The lowest BCUT2D eigenvalue weighted by molar-refractivity contribution is -0.139. The molecule has 1 atom stereocenters. The molecule has 0 saturated carbocycles. The van der Waals surface area contributed by atoms with Gasteiger partial charge in [-0.15, -0.1) is 5.10 Å². The van der Waals surface area contributed by atoms with Crippen molar-refractivity contribution in [1.29, 1.82) is 0 Å². The number of nitrogens with one attached hydrogen (secondary N) is 1. The fraction of sp³-hybridized carbons (Fsp3) is 0.370. The van der Waals surface area contributed by atoms with E-state index in [4.69, 9.17) is 31.2 Å². The first-order valence-corrected chi connectivity index (χ1v) is 13.6. The summed E-state index contributed by atoms with van der Waals surface area (Å²) >= 11 is 7.82. The molecule has 0 aliphatic carbocycles. The average Bonchev–Trinajstić information content (AvgIpc) is 3.28. The number of carbonyl (C=O) groups is 1. The van der Waals surface area contributed by atoms with E-state index in [0.29, 0.717) is 46.4 Å². The standard InChI is InChI=1S/C27H31ClN4O3S/c1-4-6-15-34-21-12-9-11-19(16-21)24-23(25(33)35-14-5-2)18(3)29-26-30-27(31-32(24)26)36-17-20-10-7-8-13-22(20)28/h7-13,16,24H,4-6,14-15,17H2,1-3H3,(H,29,30,31). The molecule has 190 valence electrons. The molecule has 1 N–H and O–H groups in total. The van der Waals surface area contributed by atoms with Crippen molar-refractivity contribution in [3.05, 3.63) is 76.0 Å². The molecule has 0 radical (unpaired) electrons. The smallest absolute Gasteiger partial charge is 0.338 e. The summed E-state index contributed by atoms with van der Waals surface area (Å²) in [4.78, 5) is 17.9. The number of esters is 1. The number of nitrogens with zero attached hydrogens (tertiary/aromatic N) is 3. The van der Waals surface area contributed by atoms with Crippen molar-refractivity contribution in [3.63, 3.8) is 0 Å². The number of anilines is 1. The molecule has 2 aromatic carbocycles. The van der Waals surface area contributed by atoms with Crippen molar-refractivity contribution in [1.82, 2.24) is 14.8 Å². The Morgan fingerprint density at radius 3 is 2.75 bits per heavy atom. The predicted octanol–water partition coefficient (Wildman–Crippen LogP) is 6.64. The van der Waals surface area contributed by atoms with E-state index >= 15 is 0 Å². The van der Waals surface area contributed by atoms with E-state index in [1.54, 1.807) is 4.68 Å². The molecule has 36 heavy (non-hydrogen) atoms. The van der Waals surface area contributed by atoms with Crippen molar-refractivity contribution in [2.45, 2.75) is 57.0 Å². The van der Waals surface area contributed by atoms with Crippen LogP contribution in [0.3, 0.4) is 0 Å². The Morgan fingerprint density at radius 1 is 1.14 bits per heavy atom. The first-order valence-electron chi connectivity index (χ1n) is 12.2. The summed E-state index contributed by atoms with van der Waals surface area (Å²) in [7, 11) is 0. The lowest BCUT2D eigenvalue weighted by Gasteiger charge is -2.28. The fourth-order valence-electron chi connectivity index (χ4n) is 3.90. The molecule has 0 fully saturated rings. The first-order chi connectivity index (χ1) is 17.5. The van der Waals surface area contributed by atoms with Gasteiger partial charge in [-0.25, -0.2) is 9.48 Å². The highest BCUT2D eigenvalue weighted by Crippen LogP contribution is 2.38. The van der Waals surface area contributed by atoms with Gasteiger partial charge in [-0.05, 0) is 49.1 Å². The SMILES string of the molecule is CCCCOc1cccc(C2C(C(=O)OCCC)=C(C)Nc3nc(SCc4ccccc4Cl)nn32)c1. The topological polar surface area (TPSA) is 78.3 Å². The average molecular weight is 527 g/mol. The number of hydrogen-bond acceptors (Lipinski definition) is 7. The van der Waals surface area contributed by atoms with E-state index in [9.17, 15) is 4.79 Å². The zero-order valence-electron chi connectivity index (χ0n) is 20.8. The minimum absolute atomic E-state index is 0.353. The summed E-state index contributed by atoms with van der Waals surface area (Å²) in [6, 6.07) is 15.0. The van der Waals surface area contributed by atoms with Crippen LogP contribution in [0.15, 0.2) is 65.0 Å². The van der Waals surface area contributed by atoms with E-state index in [2.05, 4.69) is 12.2 Å². The van der Waals surface area contributed by atoms with Gasteiger partial charge in [0.25, 0.3) is 0 Å². The minimum Gasteiger partial charge on any atom is -0.494 e. The van der Waals surface area contributed by atoms with Gasteiger partial charge >= 0.3 is 5.97 Å². The Morgan fingerprint density at radius 2 is 1.97 bits per heavy atom. The molecule has 2 heterocycles. The fourth-order valence-corrected chi connectivity index (χ4v) is 5.02. The van der Waals surface area contributed by atoms with Gasteiger partial charge in [0.1, 0.15) is 11.8 Å². The van der Waals surface area contributed by atoms with Gasteiger partial charge in [-0.2, -0.15) is 4.98 Å². The number of allylic oxidation sites excluding steroid dienone is 1. The summed E-state index contributed by atoms with van der Waals surface area (Å²) in [6.45, 7) is 6.96. The maximum Gasteiger partial charge on any atom is 0.338 e. The second-order valence-corrected chi connectivity index (χ2v) is 9.87. The van der Waals surface area contributed by atoms with Crippen LogP contribution < -0.4 is 10.1 Å². The molecule has 0 bridgehead atoms. The van der Waals surface area contributed by atoms with Crippen LogP contribution in [0.25, 0.3) is 0 Å². The lowest BCUT2D eigenvalue weighted by atomic mass is 9.95. The number of benzene rings is 2. The molecule has 4 rings (SSSR count). The molecule has 7 nitrogen and oxygen atoms in total. The molecular formula is C27H31ClN4O3S. The summed E-state index contributed by atoms with van der Waals surface area (Å²) < 4.78 is 13.3. The maximum atomic E-state index is 13.2. The second kappa shape index (κ2) is 12.3. The Hall–Kier alpha value is -2.97. The van der Waals surface area contributed by atoms with E-state index < -0.39 is 6.04 Å². The Labute approximate surface area is 221 Å². The van der Waals surface area contributed by atoms with Gasteiger partial charge in [0.05, 0.1) is 18.8 Å². The third kappa shape index (κ3) is 6.05. The number of rotatable bonds is 11. The third-order valence-electron chi connectivity index (χ3n) is 5.75. The zero-order valence-corrected chi connectivity index (χ0v) is 22.4. The summed E-state index contributed by atoms with van der Waals surface area (Å²) in [5.41, 5.74) is 3.09. The number of halogens is 1. The molecule has 3 aromatic rings. The third-order valence-corrected chi connectivity index (χ3v) is 7.00. The number of fused-ring (bicyclic) bond motifs is 1. The van der Waals surface area contributed by atoms with Crippen LogP contribution in [0.1, 0.15) is 57.2 Å². The molecule has 1 aliphatic rings. The van der Waals surface area contributed by atoms with Crippen molar-refractivity contribution in [2.75, 3.05) is 18.5 Å². The summed E-state index contributed by atoms with van der Waals surface area (Å²) in [5.74, 6) is 1.60. The van der Waals surface area contributed by atoms with Crippen molar-refractivity contribution < 1.29 is 14.3 Å². The van der Waals surface area contributed by atoms with Crippen LogP contribution >= 0.6 is 23.4 Å². The van der Waals surface area contributed by atoms with Crippen LogP contribution in [0.4, 0.5) is 5.95 Å². The van der Waals surface area contributed by atoms with Crippen LogP contribution in [-0.2, 0) is 15.3 Å². The minimum atomic E-state index is -0.498. The first kappa shape index (κ1) is 26.1. The number of hydrogen-bond donors (Lipinski definition) is 1. The largest absolute Gasteiger partial charge is 0.494 e. The molecule has 1 unspecified atom stereocenters. The van der Waals surface area contributed by atoms with Crippen LogP contribution in [0.5, 0.6) is 5.75 Å². The molecule has 0 saturated heterocycles. The van der Waals surface area contributed by atoms with Crippen molar-refractivity contribution in [2.24, 2.45) is 0 Å². The quantitative estimate of drug-likeness (QED) is 0.170. The van der Waals surface area contributed by atoms with E-state index in [-0.39, 0.29) is 5.97 Å². The molecule has 0 spiro atoms. The number of carbonyl (C=O) groups excluding carboxylic acids is 1. The zero-order chi connectivity index (χ0) is 25.5. The molecule has 9 heteroatoms. The Bertz CT molecular complexity index is 1240. The highest BCUT2D eigenvalue weighted by Gasteiger charge is 2.35. The van der Waals surface area contributed by atoms with Gasteiger partial charge in [0.15, 0.2) is 0 Å². The van der Waals surface area contributed by atoms with E-state index in [1.807, 2.05) is 62.4 Å². The van der Waals surface area contributed by atoms with Crippen molar-refractivity contribution in [3.8, 4) is 5.75 Å². The summed E-state index contributed by atoms with van der Waals surface area (Å²) in [5, 5.41) is 9.34. The molecule has 1 aliphatic heterocycles. The number of aromatic nitrogens is 3. The maximum absolute atomic E-state index is 13.2. The van der Waals surface area contributed by atoms with Gasteiger partial charge in [0.2, 0.25) is 11.1 Å². The number of thioether (sulfide) groups is 1. The normalized spacial score (nSPS) is 14.8. The molecule has 1 aromatic heterocycles. The Kier molecular flexibility index (Phi) is 8.93. The van der Waals surface area contributed by atoms with Gasteiger partial charge in [0, 0.05) is 16.5 Å². The van der Waals surface area contributed by atoms with Crippen molar-refractivity contribution >= 4 is 35.3 Å². The molecular weight excluding hydrogens is 496 g/mol. The Balaban J connectivity index is 1.67. The highest BCUT2D eigenvalue weighted by atomic mass is 35.5. The highest BCUT2D eigenvalue weighted by molar-refractivity contribution is 7.98. The summed E-state index contributed by atoms with van der Waals surface area (Å²) in [6.07, 6.45) is 2.78. The van der Waals surface area contributed by atoms with Gasteiger partial charge < -0.3 is 14.8 Å². The number of unbranched alkanes of at least 4 members (excludes halogenated alkanes) is 1. The van der Waals surface area contributed by atoms with Crippen LogP contribution in [0.2, 0.25) is 5.02 Å². The van der Waals surface area contributed by atoms with Crippen LogP contribution in [0, 0.1) is 0 Å². The van der Waals surface area contributed by atoms with E-state index in [1.165, 1.54) is 11.8 Å². The van der Waals surface area contributed by atoms with Gasteiger partial charge in [-0.3, -0.25) is 0 Å². The van der Waals surface area contributed by atoms with Gasteiger partial charge in [-0.1, -0.05) is 74.0 Å². The lowest BCUT2D eigenvalue weighted by Crippen LogP contribution is -2.29. The number of ether oxygens (including phenoxy) is 2. The second-order valence-electron chi connectivity index (χ2n) is 8.52. The monoisotopic (exact) mass is 526 g/mol. The van der Waals surface area contributed by atoms with E-state index in [0.717, 1.165) is 36.1 Å².